The van der Waals surface area contributed by atoms with E-state index >= 15 is 0 Å². The highest BCUT2D eigenvalue weighted by molar-refractivity contribution is 6.30. The van der Waals surface area contributed by atoms with E-state index in [0.29, 0.717) is 36.1 Å². The second-order valence-corrected chi connectivity index (χ2v) is 6.19. The van der Waals surface area contributed by atoms with Gasteiger partial charge in [-0.05, 0) is 24.1 Å². The van der Waals surface area contributed by atoms with E-state index in [4.69, 9.17) is 16.1 Å². The first kappa shape index (κ1) is 17.2. The van der Waals surface area contributed by atoms with Gasteiger partial charge in [-0.2, -0.15) is 4.98 Å². The Kier molecular flexibility index (Phi) is 5.46. The molecule has 0 aliphatic heterocycles. The molecule has 0 N–H and O–H groups in total. The summed E-state index contributed by atoms with van der Waals surface area (Å²) < 4.78 is 5.25. The van der Waals surface area contributed by atoms with Gasteiger partial charge >= 0.3 is 0 Å². The van der Waals surface area contributed by atoms with E-state index in [1.165, 1.54) is 0 Å². The van der Waals surface area contributed by atoms with Crippen molar-refractivity contribution in [3.8, 4) is 11.4 Å². The summed E-state index contributed by atoms with van der Waals surface area (Å²) >= 11 is 5.86. The van der Waals surface area contributed by atoms with E-state index in [2.05, 4.69) is 10.1 Å². The van der Waals surface area contributed by atoms with Crippen molar-refractivity contribution in [1.29, 1.82) is 0 Å². The van der Waals surface area contributed by atoms with E-state index in [1.807, 2.05) is 54.6 Å². The topological polar surface area (TPSA) is 59.2 Å². The number of hydrogen-bond donors (Lipinski definition) is 0. The fraction of sp³-hybridized carbons (Fsp3) is 0.211. The number of amides is 1. The first-order valence-corrected chi connectivity index (χ1v) is 8.36. The second-order valence-electron chi connectivity index (χ2n) is 5.75. The number of benzene rings is 2. The van der Waals surface area contributed by atoms with Crippen LogP contribution >= 0.6 is 11.6 Å². The molecule has 0 fully saturated rings. The highest BCUT2D eigenvalue weighted by atomic mass is 35.5. The maximum Gasteiger partial charge on any atom is 0.246 e. The van der Waals surface area contributed by atoms with Gasteiger partial charge in [-0.25, -0.2) is 0 Å². The Morgan fingerprint density at radius 3 is 2.56 bits per heavy atom. The Hall–Kier alpha value is -2.66. The highest BCUT2D eigenvalue weighted by Crippen LogP contribution is 2.16. The summed E-state index contributed by atoms with van der Waals surface area (Å²) in [7, 11) is 1.73. The lowest BCUT2D eigenvalue weighted by Crippen LogP contribution is -2.26. The van der Waals surface area contributed by atoms with Crippen molar-refractivity contribution in [1.82, 2.24) is 15.0 Å². The molecule has 0 aliphatic rings. The first-order valence-electron chi connectivity index (χ1n) is 7.98. The fourth-order valence-corrected chi connectivity index (χ4v) is 2.53. The SMILES string of the molecule is CN(Cc1nc(-c2ccccc2)no1)C(=O)CCc1ccc(Cl)cc1. The molecule has 3 rings (SSSR count). The van der Waals surface area contributed by atoms with Crippen molar-refractivity contribution in [3.05, 3.63) is 71.1 Å². The molecule has 1 aromatic heterocycles. The predicted octanol–water partition coefficient (Wildman–Crippen LogP) is 3.98. The van der Waals surface area contributed by atoms with Crippen LogP contribution in [0.25, 0.3) is 11.4 Å². The van der Waals surface area contributed by atoms with Crippen molar-refractivity contribution < 1.29 is 9.32 Å². The smallest absolute Gasteiger partial charge is 0.246 e. The molecule has 1 amide bonds. The summed E-state index contributed by atoms with van der Waals surface area (Å²) in [6.45, 7) is 0.291. The van der Waals surface area contributed by atoms with E-state index in [1.54, 1.807) is 11.9 Å². The Bertz CT molecular complexity index is 831. The van der Waals surface area contributed by atoms with Gasteiger partial charge in [0.2, 0.25) is 17.6 Å². The average Bonchev–Trinajstić information content (AvgIpc) is 3.10. The second kappa shape index (κ2) is 7.94. The molecule has 0 unspecified atom stereocenters. The zero-order chi connectivity index (χ0) is 17.6. The normalized spacial score (nSPS) is 10.6. The van der Waals surface area contributed by atoms with Gasteiger partial charge in [-0.1, -0.05) is 59.2 Å². The molecule has 2 aromatic carbocycles. The van der Waals surface area contributed by atoms with Crippen LogP contribution in [0, 0.1) is 0 Å². The van der Waals surface area contributed by atoms with Gasteiger partial charge in [0.1, 0.15) is 0 Å². The minimum absolute atomic E-state index is 0.0226. The van der Waals surface area contributed by atoms with Crippen molar-refractivity contribution in [2.24, 2.45) is 0 Å². The molecule has 25 heavy (non-hydrogen) atoms. The van der Waals surface area contributed by atoms with Gasteiger partial charge in [-0.3, -0.25) is 4.79 Å². The summed E-state index contributed by atoms with van der Waals surface area (Å²) in [4.78, 5) is 18.2. The van der Waals surface area contributed by atoms with Crippen LogP contribution in [-0.2, 0) is 17.8 Å². The molecule has 0 spiro atoms. The first-order chi connectivity index (χ1) is 12.1. The zero-order valence-electron chi connectivity index (χ0n) is 13.9. The summed E-state index contributed by atoms with van der Waals surface area (Å²) in [5.74, 6) is 0.966. The van der Waals surface area contributed by atoms with E-state index in [9.17, 15) is 4.79 Å². The van der Waals surface area contributed by atoms with Crippen LogP contribution < -0.4 is 0 Å². The van der Waals surface area contributed by atoms with Crippen LogP contribution in [0.4, 0.5) is 0 Å². The molecule has 6 heteroatoms. The molecule has 0 saturated carbocycles. The number of hydrogen-bond acceptors (Lipinski definition) is 4. The third-order valence-corrected chi connectivity index (χ3v) is 4.09. The Morgan fingerprint density at radius 2 is 1.84 bits per heavy atom. The number of carbonyl (C=O) groups excluding carboxylic acids is 1. The standard InChI is InChI=1S/C19H18ClN3O2/c1-23(18(24)12-9-14-7-10-16(20)11-8-14)13-17-21-19(22-25-17)15-5-3-2-4-6-15/h2-8,10-11H,9,12-13H2,1H3. The molecule has 3 aromatic rings. The van der Waals surface area contributed by atoms with Crippen molar-refractivity contribution >= 4 is 17.5 Å². The fourth-order valence-electron chi connectivity index (χ4n) is 2.41. The maximum atomic E-state index is 12.3. The molecule has 128 valence electrons. The van der Waals surface area contributed by atoms with Gasteiger partial charge in [0.05, 0.1) is 6.54 Å². The average molecular weight is 356 g/mol. The van der Waals surface area contributed by atoms with Crippen LogP contribution in [0.3, 0.4) is 0 Å². The van der Waals surface area contributed by atoms with Gasteiger partial charge in [0.15, 0.2) is 0 Å². The molecule has 0 radical (unpaired) electrons. The van der Waals surface area contributed by atoms with Crippen LogP contribution in [0.1, 0.15) is 17.9 Å². The summed E-state index contributed by atoms with van der Waals surface area (Å²) in [5.41, 5.74) is 1.96. The minimum atomic E-state index is 0.0226. The quantitative estimate of drug-likeness (QED) is 0.671. The lowest BCUT2D eigenvalue weighted by molar-refractivity contribution is -0.130. The zero-order valence-corrected chi connectivity index (χ0v) is 14.6. The molecule has 1 heterocycles. The van der Waals surface area contributed by atoms with Gasteiger partial charge in [0, 0.05) is 24.1 Å². The van der Waals surface area contributed by atoms with E-state index < -0.39 is 0 Å². The molecular weight excluding hydrogens is 338 g/mol. The lowest BCUT2D eigenvalue weighted by atomic mass is 10.1. The summed E-state index contributed by atoms with van der Waals surface area (Å²) in [6.07, 6.45) is 1.08. The number of aromatic nitrogens is 2. The lowest BCUT2D eigenvalue weighted by Gasteiger charge is -2.14. The monoisotopic (exact) mass is 355 g/mol. The van der Waals surface area contributed by atoms with Crippen LogP contribution in [0.15, 0.2) is 59.1 Å². The van der Waals surface area contributed by atoms with Gasteiger partial charge in [-0.15, -0.1) is 0 Å². The number of nitrogens with zero attached hydrogens (tertiary/aromatic N) is 3. The number of halogens is 1. The Labute approximate surface area is 151 Å². The van der Waals surface area contributed by atoms with E-state index in [-0.39, 0.29) is 5.91 Å². The molecule has 0 saturated heterocycles. The minimum Gasteiger partial charge on any atom is -0.337 e. The summed E-state index contributed by atoms with van der Waals surface area (Å²) in [6, 6.07) is 17.1. The molecule has 0 aliphatic carbocycles. The molecular formula is C19H18ClN3O2. The van der Waals surface area contributed by atoms with Gasteiger partial charge < -0.3 is 9.42 Å². The van der Waals surface area contributed by atoms with Crippen molar-refractivity contribution in [3.63, 3.8) is 0 Å². The predicted molar refractivity (Wildman–Crippen MR) is 96.0 cm³/mol. The van der Waals surface area contributed by atoms with Crippen LogP contribution in [0.5, 0.6) is 0 Å². The van der Waals surface area contributed by atoms with Crippen LogP contribution in [-0.4, -0.2) is 28.0 Å². The summed E-state index contributed by atoms with van der Waals surface area (Å²) in [5, 5.41) is 4.66. The Morgan fingerprint density at radius 1 is 1.12 bits per heavy atom. The van der Waals surface area contributed by atoms with Gasteiger partial charge in [0.25, 0.3) is 0 Å². The molecule has 5 nitrogen and oxygen atoms in total. The Balaban J connectivity index is 1.54. The highest BCUT2D eigenvalue weighted by Gasteiger charge is 2.14. The van der Waals surface area contributed by atoms with Crippen molar-refractivity contribution in [2.75, 3.05) is 7.05 Å². The van der Waals surface area contributed by atoms with E-state index in [0.717, 1.165) is 11.1 Å². The number of aryl methyl sites for hydroxylation is 1. The number of rotatable bonds is 6. The molecule has 0 atom stereocenters. The third kappa shape index (κ3) is 4.67. The largest absolute Gasteiger partial charge is 0.337 e. The van der Waals surface area contributed by atoms with Crippen LogP contribution in [0.2, 0.25) is 5.02 Å². The maximum absolute atomic E-state index is 12.3. The third-order valence-electron chi connectivity index (χ3n) is 3.84. The number of carbonyl (C=O) groups is 1. The van der Waals surface area contributed by atoms with Crippen molar-refractivity contribution in [2.45, 2.75) is 19.4 Å². The molecule has 0 bridgehead atoms.